The van der Waals surface area contributed by atoms with Crippen molar-refractivity contribution in [3.05, 3.63) is 42.5 Å². The van der Waals surface area contributed by atoms with Crippen molar-refractivity contribution >= 4 is 33.2 Å². The van der Waals surface area contributed by atoms with Crippen LogP contribution in [-0.4, -0.2) is 43.9 Å². The molecule has 2 aromatic rings. The van der Waals surface area contributed by atoms with Crippen molar-refractivity contribution in [3.63, 3.8) is 0 Å². The van der Waals surface area contributed by atoms with Gasteiger partial charge in [0.25, 0.3) is 0 Å². The highest BCUT2D eigenvalue weighted by atomic mass is 32.2. The van der Waals surface area contributed by atoms with Crippen molar-refractivity contribution in [1.82, 2.24) is 0 Å². The summed E-state index contributed by atoms with van der Waals surface area (Å²) in [6.07, 6.45) is 5.14. The summed E-state index contributed by atoms with van der Waals surface area (Å²) >= 11 is 0. The lowest BCUT2D eigenvalue weighted by atomic mass is 9.86. The molecule has 0 unspecified atom stereocenters. The van der Waals surface area contributed by atoms with Gasteiger partial charge in [-0.05, 0) is 61.1 Å². The molecule has 0 radical (unpaired) electrons. The molecule has 1 heterocycles. The maximum absolute atomic E-state index is 13.3. The van der Waals surface area contributed by atoms with E-state index in [2.05, 4.69) is 0 Å². The van der Waals surface area contributed by atoms with Crippen LogP contribution in [0.2, 0.25) is 0 Å². The number of rotatable bonds is 5. The number of benzene rings is 2. The van der Waals surface area contributed by atoms with E-state index in [9.17, 15) is 23.1 Å². The highest BCUT2D eigenvalue weighted by Crippen LogP contribution is 2.40. The molecule has 1 fully saturated rings. The summed E-state index contributed by atoms with van der Waals surface area (Å²) in [5.74, 6) is 0.473. The molecule has 1 atom stereocenters. The fourth-order valence-electron chi connectivity index (χ4n) is 5.12. The average Bonchev–Trinajstić information content (AvgIpc) is 2.83. The van der Waals surface area contributed by atoms with E-state index in [0.29, 0.717) is 23.7 Å². The molecular weight excluding hydrogens is 452 g/mol. The van der Waals surface area contributed by atoms with Crippen molar-refractivity contribution in [2.45, 2.75) is 63.3 Å². The number of nitrogens with zero attached hydrogens (tertiary/aromatic N) is 2. The normalized spacial score (nSPS) is 19.1. The minimum Gasteiger partial charge on any atom is -0.465 e. The number of carbonyl (C=O) groups excluding carboxylic acids is 1. The molecule has 34 heavy (non-hydrogen) atoms. The standard InChI is InChI=1S/C26H32N2O5S/c1-3-34(32,33)22-12-9-20(10-13-22)21-11-14-23-24(16-21)27(26(30)31)17-18(2)28(23)25(29)15-19-7-5-4-6-8-19/h9-14,16,18-19H,3-8,15,17H2,1-2H3,(H,30,31)/t18-/m0/s1. The number of amides is 2. The number of anilines is 2. The molecular formula is C26H32N2O5S. The van der Waals surface area contributed by atoms with Crippen LogP contribution in [0.5, 0.6) is 0 Å². The monoisotopic (exact) mass is 484 g/mol. The summed E-state index contributed by atoms with van der Waals surface area (Å²) in [6.45, 7) is 3.70. The second-order valence-corrected chi connectivity index (χ2v) is 11.6. The zero-order valence-corrected chi connectivity index (χ0v) is 20.6. The molecule has 0 spiro atoms. The molecule has 2 aromatic carbocycles. The van der Waals surface area contributed by atoms with Crippen LogP contribution in [0, 0.1) is 5.92 Å². The summed E-state index contributed by atoms with van der Waals surface area (Å²) < 4.78 is 24.2. The van der Waals surface area contributed by atoms with E-state index >= 15 is 0 Å². The van der Waals surface area contributed by atoms with Gasteiger partial charge in [0.15, 0.2) is 9.84 Å². The maximum atomic E-state index is 13.3. The first-order valence-corrected chi connectivity index (χ1v) is 13.7. The van der Waals surface area contributed by atoms with Gasteiger partial charge in [-0.1, -0.05) is 44.4 Å². The third kappa shape index (κ3) is 4.82. The van der Waals surface area contributed by atoms with Crippen LogP contribution < -0.4 is 9.80 Å². The third-order valence-corrected chi connectivity index (χ3v) is 8.78. The Balaban J connectivity index is 1.68. The first-order chi connectivity index (χ1) is 16.2. The van der Waals surface area contributed by atoms with Gasteiger partial charge in [-0.25, -0.2) is 13.2 Å². The topological polar surface area (TPSA) is 95.0 Å². The molecule has 8 heteroatoms. The molecule has 7 nitrogen and oxygen atoms in total. The van der Waals surface area contributed by atoms with Crippen LogP contribution >= 0.6 is 0 Å². The summed E-state index contributed by atoms with van der Waals surface area (Å²) in [7, 11) is -3.30. The van der Waals surface area contributed by atoms with Gasteiger partial charge in [0, 0.05) is 13.0 Å². The summed E-state index contributed by atoms with van der Waals surface area (Å²) in [6, 6.07) is 11.8. The Morgan fingerprint density at radius 1 is 0.971 bits per heavy atom. The highest BCUT2D eigenvalue weighted by Gasteiger charge is 2.35. The Morgan fingerprint density at radius 2 is 1.62 bits per heavy atom. The number of hydrogen-bond acceptors (Lipinski definition) is 4. The zero-order chi connectivity index (χ0) is 24.5. The maximum Gasteiger partial charge on any atom is 0.411 e. The highest BCUT2D eigenvalue weighted by molar-refractivity contribution is 7.91. The van der Waals surface area contributed by atoms with Crippen LogP contribution in [0.25, 0.3) is 11.1 Å². The molecule has 4 rings (SSSR count). The summed E-state index contributed by atoms with van der Waals surface area (Å²) in [4.78, 5) is 28.7. The van der Waals surface area contributed by atoms with Gasteiger partial charge >= 0.3 is 6.09 Å². The van der Waals surface area contributed by atoms with Crippen molar-refractivity contribution in [3.8, 4) is 11.1 Å². The molecule has 0 bridgehead atoms. The second-order valence-electron chi connectivity index (χ2n) is 9.35. The van der Waals surface area contributed by atoms with Gasteiger partial charge in [0.05, 0.1) is 28.1 Å². The van der Waals surface area contributed by atoms with Gasteiger partial charge in [-0.2, -0.15) is 0 Å². The number of carbonyl (C=O) groups is 2. The molecule has 0 aromatic heterocycles. The fraction of sp³-hybridized carbons (Fsp3) is 0.462. The van der Waals surface area contributed by atoms with E-state index in [1.165, 1.54) is 24.2 Å². The molecule has 1 saturated carbocycles. The minimum absolute atomic E-state index is 0.0294. The first-order valence-electron chi connectivity index (χ1n) is 12.0. The van der Waals surface area contributed by atoms with E-state index in [-0.39, 0.29) is 29.1 Å². The van der Waals surface area contributed by atoms with Crippen LogP contribution in [0.15, 0.2) is 47.4 Å². The summed E-state index contributed by atoms with van der Waals surface area (Å²) in [5, 5.41) is 9.86. The van der Waals surface area contributed by atoms with Crippen molar-refractivity contribution < 1.29 is 23.1 Å². The quantitative estimate of drug-likeness (QED) is 0.618. The van der Waals surface area contributed by atoms with E-state index < -0.39 is 15.9 Å². The lowest BCUT2D eigenvalue weighted by Crippen LogP contribution is -2.52. The van der Waals surface area contributed by atoms with Gasteiger partial charge in [0.2, 0.25) is 5.91 Å². The Hall–Kier alpha value is -2.87. The van der Waals surface area contributed by atoms with Gasteiger partial charge < -0.3 is 10.0 Å². The molecule has 182 valence electrons. The largest absolute Gasteiger partial charge is 0.465 e. The Bertz CT molecular complexity index is 1170. The lowest BCUT2D eigenvalue weighted by molar-refractivity contribution is -0.120. The number of hydrogen-bond donors (Lipinski definition) is 1. The smallest absolute Gasteiger partial charge is 0.411 e. The minimum atomic E-state index is -3.30. The van der Waals surface area contributed by atoms with E-state index in [1.54, 1.807) is 42.2 Å². The number of carboxylic acid groups (broad SMARTS) is 1. The lowest BCUT2D eigenvalue weighted by Gasteiger charge is -2.41. The van der Waals surface area contributed by atoms with Crippen LogP contribution in [0.1, 0.15) is 52.4 Å². The Labute approximate surface area is 201 Å². The van der Waals surface area contributed by atoms with Crippen molar-refractivity contribution in [1.29, 1.82) is 0 Å². The van der Waals surface area contributed by atoms with Crippen LogP contribution in [0.4, 0.5) is 16.2 Å². The SMILES string of the molecule is CCS(=O)(=O)c1ccc(-c2ccc3c(c2)N(C(=O)O)C[C@H](C)N3C(=O)CC2CCCCC2)cc1. The van der Waals surface area contributed by atoms with Crippen molar-refractivity contribution in [2.75, 3.05) is 22.1 Å². The van der Waals surface area contributed by atoms with Gasteiger partial charge in [0.1, 0.15) is 0 Å². The molecule has 0 saturated heterocycles. The second kappa shape index (κ2) is 9.78. The fourth-order valence-corrected chi connectivity index (χ4v) is 6.01. The number of fused-ring (bicyclic) bond motifs is 1. The number of sulfone groups is 1. The molecule has 1 aliphatic heterocycles. The molecule has 1 N–H and O–H groups in total. The Morgan fingerprint density at radius 3 is 2.24 bits per heavy atom. The Kier molecular flexibility index (Phi) is 6.98. The van der Waals surface area contributed by atoms with Crippen LogP contribution in [0.3, 0.4) is 0 Å². The van der Waals surface area contributed by atoms with Gasteiger partial charge in [-0.3, -0.25) is 9.69 Å². The van der Waals surface area contributed by atoms with Crippen molar-refractivity contribution in [2.24, 2.45) is 5.92 Å². The zero-order valence-electron chi connectivity index (χ0n) is 19.7. The van der Waals surface area contributed by atoms with E-state index in [4.69, 9.17) is 0 Å². The first kappa shape index (κ1) is 24.3. The predicted octanol–water partition coefficient (Wildman–Crippen LogP) is 5.34. The average molecular weight is 485 g/mol. The summed E-state index contributed by atoms with van der Waals surface area (Å²) in [5.41, 5.74) is 2.63. The van der Waals surface area contributed by atoms with Gasteiger partial charge in [-0.15, -0.1) is 0 Å². The van der Waals surface area contributed by atoms with E-state index in [0.717, 1.165) is 24.0 Å². The predicted molar refractivity (Wildman–Crippen MR) is 133 cm³/mol. The van der Waals surface area contributed by atoms with Crippen LogP contribution in [-0.2, 0) is 14.6 Å². The molecule has 2 amide bonds. The molecule has 1 aliphatic carbocycles. The molecule has 2 aliphatic rings. The van der Waals surface area contributed by atoms with E-state index in [1.807, 2.05) is 19.1 Å². The third-order valence-electron chi connectivity index (χ3n) is 7.03.